The molecule has 4 aromatic rings. The van der Waals surface area contributed by atoms with E-state index >= 15 is 0 Å². The third-order valence-electron chi connectivity index (χ3n) is 11.6. The van der Waals surface area contributed by atoms with Crippen LogP contribution >= 0.6 is 21.6 Å². The number of benzene rings is 2. The number of rotatable bonds is 16. The maximum Gasteiger partial charge on any atom is 0.244 e. The quantitative estimate of drug-likeness (QED) is 0.0271. The number of amides is 8. The van der Waals surface area contributed by atoms with Gasteiger partial charge in [-0.15, -0.1) is 0 Å². The van der Waals surface area contributed by atoms with Crippen molar-refractivity contribution in [1.29, 1.82) is 0 Å². The van der Waals surface area contributed by atoms with Crippen molar-refractivity contribution < 1.29 is 38.4 Å². The number of hydrogen-bond acceptors (Lipinski definition) is 13. The number of unbranched alkanes of at least 4 members (excludes halogenated alkanes) is 1. The van der Waals surface area contributed by atoms with Gasteiger partial charge in [0.1, 0.15) is 42.3 Å². The van der Waals surface area contributed by atoms with Gasteiger partial charge in [-0.3, -0.25) is 43.3 Å². The fourth-order valence-electron chi connectivity index (χ4n) is 7.60. The van der Waals surface area contributed by atoms with E-state index in [1.165, 1.54) is 19.4 Å². The Morgan fingerprint density at radius 1 is 0.736 bits per heavy atom. The van der Waals surface area contributed by atoms with Crippen LogP contribution in [0.2, 0.25) is 0 Å². The van der Waals surface area contributed by atoms with Crippen molar-refractivity contribution in [2.75, 3.05) is 18.1 Å². The first-order valence-corrected chi connectivity index (χ1v) is 26.0. The largest absolute Gasteiger partial charge is 0.370 e. The third kappa shape index (κ3) is 17.3. The highest BCUT2D eigenvalue weighted by atomic mass is 33.1. The second kappa shape index (κ2) is 28.1. The van der Waals surface area contributed by atoms with E-state index in [4.69, 9.17) is 22.9 Å². The van der Waals surface area contributed by atoms with E-state index in [2.05, 4.69) is 57.2 Å². The number of guanidine groups is 1. The minimum Gasteiger partial charge on any atom is -0.370 e. The Kier molecular flexibility index (Phi) is 21.7. The number of fused-ring (bicyclic) bond motifs is 1. The van der Waals surface area contributed by atoms with Crippen molar-refractivity contribution in [2.24, 2.45) is 27.9 Å². The smallest absolute Gasteiger partial charge is 0.244 e. The van der Waals surface area contributed by atoms with Crippen molar-refractivity contribution in [3.05, 3.63) is 90.1 Å². The zero-order valence-corrected chi connectivity index (χ0v) is 41.7. The fourth-order valence-corrected chi connectivity index (χ4v) is 9.94. The lowest BCUT2D eigenvalue weighted by Crippen LogP contribution is -2.60. The molecule has 0 spiro atoms. The summed E-state index contributed by atoms with van der Waals surface area (Å²) in [5, 5.41) is 19.7. The number of H-pyrrole nitrogens is 2. The van der Waals surface area contributed by atoms with E-state index in [0.29, 0.717) is 29.7 Å². The Morgan fingerprint density at radius 2 is 1.36 bits per heavy atom. The molecule has 5 rings (SSSR count). The van der Waals surface area contributed by atoms with Gasteiger partial charge in [-0.2, -0.15) is 0 Å². The Bertz CT molecular complexity index is 2510. The van der Waals surface area contributed by atoms with Crippen LogP contribution in [0.4, 0.5) is 0 Å². The number of carbonyl (C=O) groups is 8. The van der Waals surface area contributed by atoms with Crippen molar-refractivity contribution in [2.45, 2.75) is 114 Å². The molecule has 25 heteroatoms. The highest BCUT2D eigenvalue weighted by Crippen LogP contribution is 2.24. The van der Waals surface area contributed by atoms with Crippen LogP contribution in [0.3, 0.4) is 0 Å². The van der Waals surface area contributed by atoms with Crippen LogP contribution in [-0.4, -0.2) is 135 Å². The molecular formula is C47H65N15O8S2. The van der Waals surface area contributed by atoms with E-state index in [0.717, 1.165) is 38.9 Å². The number of aromatic amines is 2. The minimum absolute atomic E-state index is 0.0339. The first-order chi connectivity index (χ1) is 34.5. The lowest BCUT2D eigenvalue weighted by Gasteiger charge is -2.27. The van der Waals surface area contributed by atoms with Gasteiger partial charge in [0.05, 0.1) is 12.4 Å². The summed E-state index contributed by atoms with van der Waals surface area (Å²) < 4.78 is 0. The van der Waals surface area contributed by atoms with Crippen LogP contribution in [0.25, 0.3) is 10.9 Å². The van der Waals surface area contributed by atoms with Crippen LogP contribution < -0.4 is 60.2 Å². The summed E-state index contributed by atoms with van der Waals surface area (Å²) in [6.07, 6.45) is 6.23. The third-order valence-corrected chi connectivity index (χ3v) is 14.1. The normalized spacial score (nSPS) is 22.7. The van der Waals surface area contributed by atoms with Gasteiger partial charge in [0, 0.05) is 66.3 Å². The highest BCUT2D eigenvalue weighted by Gasteiger charge is 2.35. The van der Waals surface area contributed by atoms with Gasteiger partial charge in [-0.25, -0.2) is 4.98 Å². The number of nitrogens with zero attached hydrogens (tertiary/aromatic N) is 2. The maximum absolute atomic E-state index is 14.6. The Labute approximate surface area is 424 Å². The number of carbonyl (C=O) groups excluding carboxylic acids is 8. The second-order valence-corrected chi connectivity index (χ2v) is 19.9. The summed E-state index contributed by atoms with van der Waals surface area (Å²) in [7, 11) is 2.15. The van der Waals surface area contributed by atoms with Gasteiger partial charge >= 0.3 is 0 Å². The number of hydrogen-bond donors (Lipinski definition) is 13. The highest BCUT2D eigenvalue weighted by molar-refractivity contribution is 8.76. The maximum atomic E-state index is 14.6. The minimum atomic E-state index is -1.35. The molecule has 0 saturated carbocycles. The van der Waals surface area contributed by atoms with Crippen molar-refractivity contribution >= 4 is 85.7 Å². The Hall–Kier alpha value is -7.12. The van der Waals surface area contributed by atoms with E-state index in [1.807, 2.05) is 31.2 Å². The van der Waals surface area contributed by atoms with Gasteiger partial charge in [-0.1, -0.05) is 89.9 Å². The van der Waals surface area contributed by atoms with E-state index in [9.17, 15) is 38.4 Å². The molecule has 23 nitrogen and oxygen atoms in total. The summed E-state index contributed by atoms with van der Waals surface area (Å²) in [5.41, 5.74) is 25.6. The van der Waals surface area contributed by atoms with E-state index in [-0.39, 0.29) is 56.1 Å². The average molecular weight is 1030 g/mol. The number of nitrogens with one attached hydrogen (secondary N) is 9. The van der Waals surface area contributed by atoms with Gasteiger partial charge in [0.25, 0.3) is 0 Å². The average Bonchev–Trinajstić information content (AvgIpc) is 4.03. The topological polar surface area (TPSA) is 382 Å². The zero-order chi connectivity index (χ0) is 52.2. The fraction of sp³-hybridized carbons (Fsp3) is 0.447. The number of imidazole rings is 1. The molecule has 1 aliphatic rings. The van der Waals surface area contributed by atoms with Crippen LogP contribution in [0.1, 0.15) is 62.8 Å². The molecule has 3 heterocycles. The molecule has 72 heavy (non-hydrogen) atoms. The number of aliphatic imine (C=N–C) groups is 1. The molecule has 0 unspecified atom stereocenters. The molecule has 17 N–H and O–H groups in total. The molecule has 1 fully saturated rings. The molecular weight excluding hydrogens is 967 g/mol. The predicted molar refractivity (Wildman–Crippen MR) is 275 cm³/mol. The molecule has 2 aromatic heterocycles. The summed E-state index contributed by atoms with van der Waals surface area (Å²) >= 11 is 0. The summed E-state index contributed by atoms with van der Waals surface area (Å²) in [6, 6.07) is 5.99. The summed E-state index contributed by atoms with van der Waals surface area (Å²) in [5.74, 6) is -6.56. The number of aromatic nitrogens is 3. The molecule has 8 amide bonds. The van der Waals surface area contributed by atoms with Crippen LogP contribution in [0, 0.1) is 0 Å². The standard InChI is InChI=1S/C47H65N15O8S2/c1-3-4-14-31(48)41(65)62-38-24-72-71-23-37(39(49)63)61-44(68)35(19-28-21-54-32-15-9-8-13-30(28)32)60-42(66)33(16-10-17-53-47(50)51)57-43(67)34(18-27-11-6-5-7-12-27)59-45(69)36(20-29-22-52-25-55-29)58-40(64)26(2)56-46(38)70/h5-9,11-13,15,21-22,25-26,31,33-38,54H,3-4,10,14,16-20,23-24,48H2,1-2H3,(H2,49,63)(H,52,55)(H,56,70)(H,57,67)(H,58,64)(H,59,69)(H,60,66)(H,61,68)(H,62,65)(H4,50,51,53)/t26-,31+,33+,34-,35+,36+,37+,38+/m1/s1. The van der Waals surface area contributed by atoms with Crippen molar-refractivity contribution in [3.63, 3.8) is 0 Å². The van der Waals surface area contributed by atoms with Gasteiger partial charge in [0.2, 0.25) is 47.3 Å². The van der Waals surface area contributed by atoms with Crippen LogP contribution in [0.15, 0.2) is 78.3 Å². The SMILES string of the molecule is CCCC[C@H](N)C(=O)N[C@H]1CSSC[C@@H](C(N)=O)NC(=O)[C@H](Cc2c[nH]c3ccccc23)NC(=O)[C@H](CCCN=C(N)N)NC(=O)[C@@H](Cc2ccccc2)NC(=O)[C@H](Cc2cnc[nH]2)NC(=O)[C@@H](C)NC1=O. The lowest BCUT2D eigenvalue weighted by molar-refractivity contribution is -0.135. The lowest BCUT2D eigenvalue weighted by atomic mass is 10.0. The second-order valence-electron chi connectivity index (χ2n) is 17.3. The van der Waals surface area contributed by atoms with Crippen LogP contribution in [-0.2, 0) is 57.6 Å². The summed E-state index contributed by atoms with van der Waals surface area (Å²) in [4.78, 5) is 126. The molecule has 388 valence electrons. The number of primary amides is 1. The number of para-hydroxylation sites is 1. The van der Waals surface area contributed by atoms with Gasteiger partial charge in [-0.05, 0) is 43.4 Å². The molecule has 0 radical (unpaired) electrons. The molecule has 0 aliphatic carbocycles. The first kappa shape index (κ1) is 55.8. The zero-order valence-electron chi connectivity index (χ0n) is 40.1. The summed E-state index contributed by atoms with van der Waals surface area (Å²) in [6.45, 7) is 3.41. The van der Waals surface area contributed by atoms with Crippen molar-refractivity contribution in [3.8, 4) is 0 Å². The monoisotopic (exact) mass is 1030 g/mol. The van der Waals surface area contributed by atoms with Gasteiger partial charge < -0.3 is 70.1 Å². The Morgan fingerprint density at radius 3 is 2.04 bits per heavy atom. The molecule has 1 aliphatic heterocycles. The predicted octanol–water partition coefficient (Wildman–Crippen LogP) is -1.22. The van der Waals surface area contributed by atoms with E-state index < -0.39 is 95.6 Å². The first-order valence-electron chi connectivity index (χ1n) is 23.6. The van der Waals surface area contributed by atoms with E-state index in [1.54, 1.807) is 36.5 Å². The molecule has 8 atom stereocenters. The molecule has 1 saturated heterocycles. The van der Waals surface area contributed by atoms with Gasteiger partial charge in [0.15, 0.2) is 5.96 Å². The Balaban J connectivity index is 1.55. The van der Waals surface area contributed by atoms with Crippen molar-refractivity contribution in [1.82, 2.24) is 52.2 Å². The van der Waals surface area contributed by atoms with Crippen LogP contribution in [0.5, 0.6) is 0 Å². The molecule has 2 aromatic carbocycles. The molecule has 0 bridgehead atoms. The number of nitrogens with two attached hydrogens (primary N) is 4.